The van der Waals surface area contributed by atoms with Gasteiger partial charge in [-0.05, 0) is 18.2 Å². The zero-order valence-electron chi connectivity index (χ0n) is 10.3. The van der Waals surface area contributed by atoms with Gasteiger partial charge in [0.1, 0.15) is 0 Å². The highest BCUT2D eigenvalue weighted by Crippen LogP contribution is 2.29. The lowest BCUT2D eigenvalue weighted by Gasteiger charge is -2.09. The Kier molecular flexibility index (Phi) is 3.39. The molecule has 0 saturated heterocycles. The fourth-order valence-electron chi connectivity index (χ4n) is 1.58. The fourth-order valence-corrected chi connectivity index (χ4v) is 1.58. The molecular formula is C12H10F3N3O2. The molecule has 0 aliphatic rings. The third-order valence-electron chi connectivity index (χ3n) is 2.54. The van der Waals surface area contributed by atoms with Crippen molar-refractivity contribution in [1.82, 2.24) is 9.55 Å². The minimum Gasteiger partial charge on any atom is -0.492 e. The van der Waals surface area contributed by atoms with Crippen LogP contribution in [0, 0.1) is 0 Å². The summed E-state index contributed by atoms with van der Waals surface area (Å²) in [6, 6.07) is 4.03. The number of hydrogen-bond donors (Lipinski definition) is 2. The summed E-state index contributed by atoms with van der Waals surface area (Å²) in [6.45, 7) is 0. The number of aromatic nitrogens is 2. The predicted octanol–water partition coefficient (Wildman–Crippen LogP) is 2.40. The van der Waals surface area contributed by atoms with E-state index in [0.29, 0.717) is 0 Å². The number of nitrogens with zero attached hydrogens (tertiary/aromatic N) is 2. The first-order valence-electron chi connectivity index (χ1n) is 5.48. The largest absolute Gasteiger partial charge is 0.492 e. The van der Waals surface area contributed by atoms with Crippen LogP contribution in [-0.2, 0) is 13.2 Å². The molecule has 0 unspecified atom stereocenters. The van der Waals surface area contributed by atoms with Gasteiger partial charge in [-0.3, -0.25) is 10.1 Å². The molecule has 2 rings (SSSR count). The third-order valence-corrected chi connectivity index (χ3v) is 2.54. The number of nitrogens with one attached hydrogen (secondary N) is 1. The first-order valence-corrected chi connectivity index (χ1v) is 5.48. The Morgan fingerprint density at radius 1 is 1.40 bits per heavy atom. The number of anilines is 1. The molecule has 2 N–H and O–H groups in total. The van der Waals surface area contributed by atoms with Crippen molar-refractivity contribution < 1.29 is 23.1 Å². The lowest BCUT2D eigenvalue weighted by molar-refractivity contribution is -0.137. The van der Waals surface area contributed by atoms with Crippen LogP contribution < -0.4 is 5.32 Å². The fraction of sp³-hybridized carbons (Fsp3) is 0.167. The van der Waals surface area contributed by atoms with Crippen LogP contribution in [0.1, 0.15) is 15.9 Å². The van der Waals surface area contributed by atoms with E-state index in [4.69, 9.17) is 5.11 Å². The highest BCUT2D eigenvalue weighted by atomic mass is 19.4. The Labute approximate surface area is 111 Å². The highest BCUT2D eigenvalue weighted by Gasteiger charge is 2.30. The minimum atomic E-state index is -4.52. The van der Waals surface area contributed by atoms with Crippen molar-refractivity contribution in [3.05, 3.63) is 41.6 Å². The lowest BCUT2D eigenvalue weighted by atomic mass is 10.1. The number of aromatic hydroxyl groups is 1. The molecule has 0 spiro atoms. The SMILES string of the molecule is Cn1cc(O)nc1NC(=O)c1cccc(C(F)(F)F)c1. The first kappa shape index (κ1) is 13.9. The Bertz CT molecular complexity index is 650. The van der Waals surface area contributed by atoms with Gasteiger partial charge in [0.15, 0.2) is 0 Å². The quantitative estimate of drug-likeness (QED) is 0.890. The molecule has 0 saturated carbocycles. The van der Waals surface area contributed by atoms with Gasteiger partial charge in [0, 0.05) is 12.6 Å². The number of imidazole rings is 1. The molecule has 5 nitrogen and oxygen atoms in total. The third kappa shape index (κ3) is 2.90. The van der Waals surface area contributed by atoms with Crippen LogP contribution in [0.5, 0.6) is 5.88 Å². The number of halogens is 3. The molecule has 0 bridgehead atoms. The van der Waals surface area contributed by atoms with Crippen LogP contribution in [0.15, 0.2) is 30.5 Å². The summed E-state index contributed by atoms with van der Waals surface area (Å²) in [6.07, 6.45) is -3.26. The predicted molar refractivity (Wildman–Crippen MR) is 64.3 cm³/mol. The molecule has 2 aromatic rings. The standard InChI is InChI=1S/C12H10F3N3O2/c1-18-6-9(19)16-11(18)17-10(20)7-3-2-4-8(5-7)12(13,14)15/h2-6,19H,1H3,(H,16,17,20). The van der Waals surface area contributed by atoms with Gasteiger partial charge in [0.2, 0.25) is 11.8 Å². The van der Waals surface area contributed by atoms with Crippen LogP contribution in [0.4, 0.5) is 19.1 Å². The van der Waals surface area contributed by atoms with Gasteiger partial charge in [-0.25, -0.2) is 0 Å². The van der Waals surface area contributed by atoms with E-state index in [1.54, 1.807) is 0 Å². The van der Waals surface area contributed by atoms with E-state index in [0.717, 1.165) is 18.2 Å². The van der Waals surface area contributed by atoms with E-state index in [2.05, 4.69) is 10.3 Å². The summed E-state index contributed by atoms with van der Waals surface area (Å²) < 4.78 is 39.0. The number of carbonyl (C=O) groups is 1. The normalized spacial score (nSPS) is 11.4. The van der Waals surface area contributed by atoms with Crippen molar-refractivity contribution >= 4 is 11.9 Å². The van der Waals surface area contributed by atoms with Crippen LogP contribution in [0.3, 0.4) is 0 Å². The van der Waals surface area contributed by atoms with Gasteiger partial charge in [-0.15, -0.1) is 0 Å². The smallest absolute Gasteiger partial charge is 0.416 e. The number of carbonyl (C=O) groups excluding carboxylic acids is 1. The zero-order valence-corrected chi connectivity index (χ0v) is 10.3. The Morgan fingerprint density at radius 3 is 2.65 bits per heavy atom. The van der Waals surface area contributed by atoms with Crippen molar-refractivity contribution in [3.8, 4) is 5.88 Å². The summed E-state index contributed by atoms with van der Waals surface area (Å²) in [4.78, 5) is 15.5. The van der Waals surface area contributed by atoms with E-state index in [1.165, 1.54) is 23.9 Å². The number of amides is 1. The number of rotatable bonds is 2. The molecule has 0 fully saturated rings. The molecular weight excluding hydrogens is 275 g/mol. The number of benzene rings is 1. The maximum Gasteiger partial charge on any atom is 0.416 e. The summed E-state index contributed by atoms with van der Waals surface area (Å²) in [5.74, 6) is -1.01. The molecule has 20 heavy (non-hydrogen) atoms. The van der Waals surface area contributed by atoms with E-state index < -0.39 is 17.6 Å². The molecule has 0 radical (unpaired) electrons. The van der Waals surface area contributed by atoms with Crippen molar-refractivity contribution in [1.29, 1.82) is 0 Å². The Hall–Kier alpha value is -2.51. The summed E-state index contributed by atoms with van der Waals surface area (Å²) in [5.41, 5.74) is -1.06. The molecule has 0 aliphatic carbocycles. The van der Waals surface area contributed by atoms with Crippen molar-refractivity contribution in [3.63, 3.8) is 0 Å². The Balaban J connectivity index is 2.24. The molecule has 106 valence electrons. The van der Waals surface area contributed by atoms with Gasteiger partial charge < -0.3 is 9.67 Å². The highest BCUT2D eigenvalue weighted by molar-refractivity contribution is 6.03. The lowest BCUT2D eigenvalue weighted by Crippen LogP contribution is -2.16. The second kappa shape index (κ2) is 4.87. The van der Waals surface area contributed by atoms with E-state index in [-0.39, 0.29) is 17.4 Å². The van der Waals surface area contributed by atoms with Crippen molar-refractivity contribution in [2.75, 3.05) is 5.32 Å². The van der Waals surface area contributed by atoms with Crippen LogP contribution in [-0.4, -0.2) is 20.6 Å². The van der Waals surface area contributed by atoms with Crippen LogP contribution >= 0.6 is 0 Å². The number of alkyl halides is 3. The molecule has 8 heteroatoms. The van der Waals surface area contributed by atoms with Gasteiger partial charge in [0.25, 0.3) is 5.91 Å². The maximum absolute atomic E-state index is 12.5. The van der Waals surface area contributed by atoms with Crippen LogP contribution in [0.25, 0.3) is 0 Å². The molecule has 1 amide bonds. The van der Waals surface area contributed by atoms with Crippen molar-refractivity contribution in [2.24, 2.45) is 7.05 Å². The average Bonchev–Trinajstić information content (AvgIpc) is 2.67. The van der Waals surface area contributed by atoms with Crippen molar-refractivity contribution in [2.45, 2.75) is 6.18 Å². The summed E-state index contributed by atoms with van der Waals surface area (Å²) in [7, 11) is 1.52. The first-order chi connectivity index (χ1) is 9.27. The number of aryl methyl sites for hydroxylation is 1. The molecule has 0 aliphatic heterocycles. The van der Waals surface area contributed by atoms with E-state index in [1.807, 2.05) is 0 Å². The van der Waals surface area contributed by atoms with E-state index >= 15 is 0 Å². The van der Waals surface area contributed by atoms with Gasteiger partial charge in [-0.1, -0.05) is 6.07 Å². The zero-order chi connectivity index (χ0) is 14.9. The minimum absolute atomic E-state index is 0.0323. The average molecular weight is 285 g/mol. The Morgan fingerprint density at radius 2 is 2.10 bits per heavy atom. The molecule has 0 atom stereocenters. The second-order valence-electron chi connectivity index (χ2n) is 4.07. The molecule has 1 heterocycles. The van der Waals surface area contributed by atoms with E-state index in [9.17, 15) is 18.0 Å². The second-order valence-corrected chi connectivity index (χ2v) is 4.07. The van der Waals surface area contributed by atoms with Gasteiger partial charge in [-0.2, -0.15) is 18.2 Å². The number of hydrogen-bond acceptors (Lipinski definition) is 3. The topological polar surface area (TPSA) is 67.2 Å². The maximum atomic E-state index is 12.5. The summed E-state index contributed by atoms with van der Waals surface area (Å²) >= 11 is 0. The van der Waals surface area contributed by atoms with Gasteiger partial charge >= 0.3 is 6.18 Å². The monoisotopic (exact) mass is 285 g/mol. The molecule has 1 aromatic heterocycles. The van der Waals surface area contributed by atoms with Crippen LogP contribution in [0.2, 0.25) is 0 Å². The van der Waals surface area contributed by atoms with Gasteiger partial charge in [0.05, 0.1) is 11.8 Å². The summed E-state index contributed by atoms with van der Waals surface area (Å²) in [5, 5.41) is 11.4. The molecule has 1 aromatic carbocycles.